The fourth-order valence-corrected chi connectivity index (χ4v) is 3.01. The van der Waals surface area contributed by atoms with Gasteiger partial charge >= 0.3 is 12.4 Å². The van der Waals surface area contributed by atoms with Crippen LogP contribution in [0, 0.1) is 6.92 Å². The molecule has 0 radical (unpaired) electrons. The van der Waals surface area contributed by atoms with Crippen LogP contribution in [0.5, 0.6) is 0 Å². The molecule has 2 aromatic carbocycles. The van der Waals surface area contributed by atoms with Crippen LogP contribution in [0.15, 0.2) is 67.0 Å². The van der Waals surface area contributed by atoms with Crippen molar-refractivity contribution < 1.29 is 35.9 Å². The quantitative estimate of drug-likeness (QED) is 0.322. The maximum absolute atomic E-state index is 13.4. The van der Waals surface area contributed by atoms with E-state index in [0.29, 0.717) is 23.3 Å². The lowest BCUT2D eigenvalue weighted by Gasteiger charge is -2.16. The Labute approximate surface area is 195 Å². The number of anilines is 2. The minimum Gasteiger partial charge on any atom is -0.322 e. The number of carbonyl (C=O) groups is 2. The summed E-state index contributed by atoms with van der Waals surface area (Å²) >= 11 is 0. The van der Waals surface area contributed by atoms with Crippen molar-refractivity contribution in [3.05, 3.63) is 94.8 Å². The van der Waals surface area contributed by atoms with Gasteiger partial charge in [0.15, 0.2) is 0 Å². The van der Waals surface area contributed by atoms with Crippen molar-refractivity contribution >= 4 is 29.3 Å². The van der Waals surface area contributed by atoms with E-state index in [9.17, 15) is 35.9 Å². The molecular formula is C24H17F6N3O2. The second-order valence-corrected chi connectivity index (χ2v) is 7.35. The van der Waals surface area contributed by atoms with Gasteiger partial charge in [0.1, 0.15) is 0 Å². The molecule has 5 nitrogen and oxygen atoms in total. The third-order valence-corrected chi connectivity index (χ3v) is 4.76. The van der Waals surface area contributed by atoms with E-state index < -0.39 is 40.9 Å². The number of hydrogen-bond donors (Lipinski definition) is 2. The van der Waals surface area contributed by atoms with Gasteiger partial charge in [-0.1, -0.05) is 12.1 Å². The maximum atomic E-state index is 13.4. The Morgan fingerprint density at radius 1 is 0.914 bits per heavy atom. The zero-order chi connectivity index (χ0) is 25.8. The number of aromatic nitrogens is 1. The zero-order valence-electron chi connectivity index (χ0n) is 18.0. The summed E-state index contributed by atoms with van der Waals surface area (Å²) in [5.74, 6) is -1.77. The molecule has 0 saturated heterocycles. The first kappa shape index (κ1) is 25.5. The summed E-state index contributed by atoms with van der Waals surface area (Å²) < 4.78 is 78.7. The molecule has 0 spiro atoms. The molecule has 2 N–H and O–H groups in total. The third kappa shape index (κ3) is 6.69. The van der Waals surface area contributed by atoms with E-state index in [1.165, 1.54) is 30.4 Å². The monoisotopic (exact) mass is 493 g/mol. The molecule has 0 atom stereocenters. The summed E-state index contributed by atoms with van der Waals surface area (Å²) in [5.41, 5.74) is -2.65. The van der Waals surface area contributed by atoms with Crippen LogP contribution >= 0.6 is 0 Å². The average molecular weight is 493 g/mol. The maximum Gasteiger partial charge on any atom is 0.417 e. The van der Waals surface area contributed by atoms with Crippen LogP contribution in [-0.2, 0) is 17.1 Å². The molecule has 182 valence electrons. The van der Waals surface area contributed by atoms with Crippen LogP contribution in [0.2, 0.25) is 0 Å². The van der Waals surface area contributed by atoms with E-state index in [0.717, 1.165) is 0 Å². The van der Waals surface area contributed by atoms with Crippen LogP contribution in [-0.4, -0.2) is 16.8 Å². The van der Waals surface area contributed by atoms with Crippen LogP contribution < -0.4 is 10.6 Å². The van der Waals surface area contributed by atoms with Gasteiger partial charge < -0.3 is 10.6 Å². The summed E-state index contributed by atoms with van der Waals surface area (Å²) in [5, 5.41) is 4.82. The minimum absolute atomic E-state index is 0.0279. The molecule has 1 aromatic heterocycles. The highest BCUT2D eigenvalue weighted by molar-refractivity contribution is 6.06. The Morgan fingerprint density at radius 3 is 2.29 bits per heavy atom. The number of rotatable bonds is 5. The molecule has 3 aromatic rings. The number of carbonyl (C=O) groups excluding carboxylic acids is 2. The number of hydrogen-bond acceptors (Lipinski definition) is 3. The molecule has 3 rings (SSSR count). The van der Waals surface area contributed by atoms with Crippen molar-refractivity contribution in [2.45, 2.75) is 19.3 Å². The van der Waals surface area contributed by atoms with Crippen molar-refractivity contribution in [3.8, 4) is 0 Å². The SMILES string of the molecule is Cc1ccc(NC(=O)c2ccc(C(F)(F)F)cc2C(F)(F)F)cc1NC(=O)/C=C/c1cccnc1. The highest BCUT2D eigenvalue weighted by Crippen LogP contribution is 2.37. The van der Waals surface area contributed by atoms with Crippen LogP contribution in [0.4, 0.5) is 37.7 Å². The van der Waals surface area contributed by atoms with Crippen LogP contribution in [0.1, 0.15) is 32.6 Å². The molecule has 0 unspecified atom stereocenters. The van der Waals surface area contributed by atoms with E-state index in [1.807, 2.05) is 0 Å². The molecule has 0 aliphatic carbocycles. The number of alkyl halides is 6. The fraction of sp³-hybridized carbons (Fsp3) is 0.125. The summed E-state index contributed by atoms with van der Waals surface area (Å²) in [4.78, 5) is 28.7. The number of halogens is 6. The second kappa shape index (κ2) is 10.00. The molecule has 0 saturated carbocycles. The number of aryl methyl sites for hydroxylation is 1. The van der Waals surface area contributed by atoms with Gasteiger partial charge in [0.25, 0.3) is 5.91 Å². The molecule has 11 heteroatoms. The van der Waals surface area contributed by atoms with Gasteiger partial charge in [-0.05, 0) is 60.5 Å². The molecule has 35 heavy (non-hydrogen) atoms. The first-order chi connectivity index (χ1) is 16.3. The summed E-state index contributed by atoms with van der Waals surface area (Å²) in [6.07, 6.45) is -4.32. The first-order valence-corrected chi connectivity index (χ1v) is 9.94. The van der Waals surface area contributed by atoms with E-state index in [2.05, 4.69) is 15.6 Å². The van der Waals surface area contributed by atoms with Gasteiger partial charge in [-0.15, -0.1) is 0 Å². The predicted octanol–water partition coefficient (Wildman–Crippen LogP) is 6.33. The predicted molar refractivity (Wildman–Crippen MR) is 117 cm³/mol. The van der Waals surface area contributed by atoms with Gasteiger partial charge in [-0.25, -0.2) is 0 Å². The van der Waals surface area contributed by atoms with Crippen molar-refractivity contribution in [2.75, 3.05) is 10.6 Å². The second-order valence-electron chi connectivity index (χ2n) is 7.35. The van der Waals surface area contributed by atoms with Crippen molar-refractivity contribution in [1.82, 2.24) is 4.98 Å². The Morgan fingerprint density at radius 2 is 1.66 bits per heavy atom. The minimum atomic E-state index is -5.19. The largest absolute Gasteiger partial charge is 0.417 e. The zero-order valence-corrected chi connectivity index (χ0v) is 18.0. The van der Waals surface area contributed by atoms with Crippen molar-refractivity contribution in [3.63, 3.8) is 0 Å². The summed E-state index contributed by atoms with van der Waals surface area (Å²) in [7, 11) is 0. The topological polar surface area (TPSA) is 71.1 Å². The number of benzene rings is 2. The van der Waals surface area contributed by atoms with Crippen molar-refractivity contribution in [2.24, 2.45) is 0 Å². The lowest BCUT2D eigenvalue weighted by molar-refractivity contribution is -0.143. The first-order valence-electron chi connectivity index (χ1n) is 9.94. The Hall–Kier alpha value is -4.15. The van der Waals surface area contributed by atoms with E-state index in [-0.39, 0.29) is 17.4 Å². The lowest BCUT2D eigenvalue weighted by Crippen LogP contribution is -2.20. The summed E-state index contributed by atoms with van der Waals surface area (Å²) in [6, 6.07) is 8.40. The van der Waals surface area contributed by atoms with Gasteiger partial charge in [-0.3, -0.25) is 14.6 Å². The third-order valence-electron chi connectivity index (χ3n) is 4.76. The van der Waals surface area contributed by atoms with Crippen LogP contribution in [0.25, 0.3) is 6.08 Å². The molecular weight excluding hydrogens is 476 g/mol. The van der Waals surface area contributed by atoms with Gasteiger partial charge in [-0.2, -0.15) is 26.3 Å². The highest BCUT2D eigenvalue weighted by atomic mass is 19.4. The molecule has 0 aliphatic heterocycles. The van der Waals surface area contributed by atoms with Gasteiger partial charge in [0, 0.05) is 29.8 Å². The molecule has 2 amide bonds. The normalized spacial score (nSPS) is 12.0. The fourth-order valence-electron chi connectivity index (χ4n) is 3.01. The Balaban J connectivity index is 1.81. The number of nitrogens with one attached hydrogen (secondary N) is 2. The van der Waals surface area contributed by atoms with Gasteiger partial charge in [0.2, 0.25) is 5.91 Å². The number of pyridine rings is 1. The van der Waals surface area contributed by atoms with E-state index >= 15 is 0 Å². The molecule has 0 aliphatic rings. The van der Waals surface area contributed by atoms with Crippen molar-refractivity contribution in [1.29, 1.82) is 0 Å². The summed E-state index contributed by atoms with van der Waals surface area (Å²) in [6.45, 7) is 1.66. The smallest absolute Gasteiger partial charge is 0.322 e. The average Bonchev–Trinajstić information content (AvgIpc) is 2.79. The highest BCUT2D eigenvalue weighted by Gasteiger charge is 2.39. The van der Waals surface area contributed by atoms with Crippen LogP contribution in [0.3, 0.4) is 0 Å². The molecule has 1 heterocycles. The number of nitrogens with zero attached hydrogens (tertiary/aromatic N) is 1. The lowest BCUT2D eigenvalue weighted by atomic mass is 10.0. The van der Waals surface area contributed by atoms with Gasteiger partial charge in [0.05, 0.1) is 16.7 Å². The Bertz CT molecular complexity index is 1270. The standard InChI is InChI=1S/C24H17F6N3O2/c1-14-4-7-17(12-20(14)33-21(34)9-5-15-3-2-10-31-13-15)32-22(35)18-8-6-16(23(25,26)27)11-19(18)24(28,29)30/h2-13H,1H3,(H,32,35)(H,33,34)/b9-5+. The number of amides is 2. The Kier molecular flexibility index (Phi) is 7.28. The molecule has 0 bridgehead atoms. The van der Waals surface area contributed by atoms with E-state index in [1.54, 1.807) is 31.5 Å². The molecule has 0 fully saturated rings. The van der Waals surface area contributed by atoms with E-state index in [4.69, 9.17) is 0 Å².